The topological polar surface area (TPSA) is 46.3 Å². The molecule has 2 N–H and O–H groups in total. The van der Waals surface area contributed by atoms with Gasteiger partial charge in [0.2, 0.25) is 5.91 Å². The summed E-state index contributed by atoms with van der Waals surface area (Å²) in [6.45, 7) is 1.04. The number of amides is 1. The summed E-state index contributed by atoms with van der Waals surface area (Å²) < 4.78 is 0. The molecular formula is C17H20N2O. The molecule has 0 saturated carbocycles. The molecule has 2 rings (SSSR count). The van der Waals surface area contributed by atoms with E-state index in [1.54, 1.807) is 11.9 Å². The van der Waals surface area contributed by atoms with Crippen molar-refractivity contribution in [2.45, 2.75) is 5.92 Å². The van der Waals surface area contributed by atoms with Gasteiger partial charge in [-0.2, -0.15) is 0 Å². The lowest BCUT2D eigenvalue weighted by molar-refractivity contribution is -0.130. The molecule has 3 nitrogen and oxygen atoms in total. The molecule has 0 fully saturated rings. The zero-order chi connectivity index (χ0) is 14.4. The van der Waals surface area contributed by atoms with Crippen LogP contribution < -0.4 is 5.73 Å². The van der Waals surface area contributed by atoms with Crippen molar-refractivity contribution in [3.8, 4) is 0 Å². The Kier molecular flexibility index (Phi) is 4.91. The number of likely N-dealkylation sites (N-methyl/N-ethyl adjacent to an activating group) is 1. The van der Waals surface area contributed by atoms with E-state index < -0.39 is 0 Å². The van der Waals surface area contributed by atoms with E-state index in [1.807, 2.05) is 60.7 Å². The van der Waals surface area contributed by atoms with Crippen molar-refractivity contribution in [1.82, 2.24) is 4.90 Å². The summed E-state index contributed by atoms with van der Waals surface area (Å²) in [5.74, 6) is -0.193. The van der Waals surface area contributed by atoms with Crippen molar-refractivity contribution in [2.24, 2.45) is 5.73 Å². The van der Waals surface area contributed by atoms with Crippen LogP contribution in [0.25, 0.3) is 0 Å². The predicted molar refractivity (Wildman–Crippen MR) is 81.4 cm³/mol. The lowest BCUT2D eigenvalue weighted by atomic mass is 9.90. The smallest absolute Gasteiger partial charge is 0.234 e. The standard InChI is InChI=1S/C17H20N2O/c1-19(13-12-18)17(20)16(14-8-4-2-5-9-14)15-10-6-3-7-11-15/h2-11,16H,12-13,18H2,1H3. The molecule has 2 aromatic carbocycles. The first-order valence-electron chi connectivity index (χ1n) is 6.79. The van der Waals surface area contributed by atoms with Gasteiger partial charge in [-0.15, -0.1) is 0 Å². The average molecular weight is 268 g/mol. The van der Waals surface area contributed by atoms with Crippen molar-refractivity contribution in [1.29, 1.82) is 0 Å². The molecule has 2 aromatic rings. The highest BCUT2D eigenvalue weighted by molar-refractivity contribution is 5.87. The number of nitrogens with zero attached hydrogens (tertiary/aromatic N) is 1. The fourth-order valence-electron chi connectivity index (χ4n) is 2.29. The highest BCUT2D eigenvalue weighted by Gasteiger charge is 2.24. The van der Waals surface area contributed by atoms with E-state index in [4.69, 9.17) is 5.73 Å². The Morgan fingerprint density at radius 3 is 1.85 bits per heavy atom. The molecule has 20 heavy (non-hydrogen) atoms. The first-order valence-corrected chi connectivity index (χ1v) is 6.79. The molecule has 0 atom stereocenters. The number of carbonyl (C=O) groups is 1. The quantitative estimate of drug-likeness (QED) is 0.904. The monoisotopic (exact) mass is 268 g/mol. The Labute approximate surface area is 120 Å². The molecule has 3 heteroatoms. The molecule has 0 heterocycles. The number of hydrogen-bond donors (Lipinski definition) is 1. The predicted octanol–water partition coefficient (Wildman–Crippen LogP) is 2.24. The summed E-state index contributed by atoms with van der Waals surface area (Å²) in [6, 6.07) is 19.7. The van der Waals surface area contributed by atoms with Gasteiger partial charge in [-0.3, -0.25) is 4.79 Å². The number of nitrogens with two attached hydrogens (primary N) is 1. The van der Waals surface area contributed by atoms with Gasteiger partial charge in [0.25, 0.3) is 0 Å². The molecule has 0 aliphatic rings. The van der Waals surface area contributed by atoms with Gasteiger partial charge in [0, 0.05) is 20.1 Å². The molecular weight excluding hydrogens is 248 g/mol. The SMILES string of the molecule is CN(CCN)C(=O)C(c1ccccc1)c1ccccc1. The molecule has 1 amide bonds. The van der Waals surface area contributed by atoms with E-state index in [9.17, 15) is 4.79 Å². The summed E-state index contributed by atoms with van der Waals surface area (Å²) in [7, 11) is 1.80. The van der Waals surface area contributed by atoms with E-state index >= 15 is 0 Å². The summed E-state index contributed by atoms with van der Waals surface area (Å²) in [6.07, 6.45) is 0. The van der Waals surface area contributed by atoms with Crippen molar-refractivity contribution >= 4 is 5.91 Å². The van der Waals surface area contributed by atoms with Crippen molar-refractivity contribution < 1.29 is 4.79 Å². The molecule has 0 aromatic heterocycles. The van der Waals surface area contributed by atoms with Crippen LogP contribution in [0.1, 0.15) is 17.0 Å². The zero-order valence-electron chi connectivity index (χ0n) is 11.7. The maximum absolute atomic E-state index is 12.7. The zero-order valence-corrected chi connectivity index (χ0v) is 11.7. The molecule has 104 valence electrons. The van der Waals surface area contributed by atoms with Crippen molar-refractivity contribution in [2.75, 3.05) is 20.1 Å². The van der Waals surface area contributed by atoms with Crippen molar-refractivity contribution in [3.05, 3.63) is 71.8 Å². The lowest BCUT2D eigenvalue weighted by Crippen LogP contribution is -2.35. The van der Waals surface area contributed by atoms with Gasteiger partial charge in [0.15, 0.2) is 0 Å². The van der Waals surface area contributed by atoms with Gasteiger partial charge >= 0.3 is 0 Å². The Hall–Kier alpha value is -2.13. The second kappa shape index (κ2) is 6.87. The van der Waals surface area contributed by atoms with E-state index in [0.29, 0.717) is 13.1 Å². The first kappa shape index (κ1) is 14.3. The second-order valence-electron chi connectivity index (χ2n) is 4.80. The summed E-state index contributed by atoms with van der Waals surface area (Å²) in [5.41, 5.74) is 7.56. The largest absolute Gasteiger partial charge is 0.344 e. The summed E-state index contributed by atoms with van der Waals surface area (Å²) in [4.78, 5) is 14.4. The molecule has 0 aliphatic carbocycles. The third-order valence-electron chi connectivity index (χ3n) is 3.35. The van der Waals surface area contributed by atoms with Crippen LogP contribution in [-0.2, 0) is 4.79 Å². The summed E-state index contributed by atoms with van der Waals surface area (Å²) >= 11 is 0. The molecule has 0 spiro atoms. The van der Waals surface area contributed by atoms with Gasteiger partial charge in [0.1, 0.15) is 0 Å². The fourth-order valence-corrected chi connectivity index (χ4v) is 2.29. The van der Waals surface area contributed by atoms with Gasteiger partial charge in [-0.25, -0.2) is 0 Å². The summed E-state index contributed by atoms with van der Waals surface area (Å²) in [5, 5.41) is 0. The third kappa shape index (κ3) is 3.25. The number of benzene rings is 2. The van der Waals surface area contributed by atoms with Crippen molar-refractivity contribution in [3.63, 3.8) is 0 Å². The fraction of sp³-hybridized carbons (Fsp3) is 0.235. The highest BCUT2D eigenvalue weighted by atomic mass is 16.2. The minimum atomic E-state index is -0.269. The Morgan fingerprint density at radius 1 is 1.00 bits per heavy atom. The molecule has 0 unspecified atom stereocenters. The maximum atomic E-state index is 12.7. The van der Waals surface area contributed by atoms with Crippen LogP contribution in [0.5, 0.6) is 0 Å². The minimum absolute atomic E-state index is 0.0767. The molecule has 0 bridgehead atoms. The molecule has 0 saturated heterocycles. The van der Waals surface area contributed by atoms with E-state index in [1.165, 1.54) is 0 Å². The van der Waals surface area contributed by atoms with Crippen LogP contribution in [0.4, 0.5) is 0 Å². The van der Waals surface area contributed by atoms with Gasteiger partial charge in [0.05, 0.1) is 5.92 Å². The number of hydrogen-bond acceptors (Lipinski definition) is 2. The second-order valence-corrected chi connectivity index (χ2v) is 4.80. The number of rotatable bonds is 5. The van der Waals surface area contributed by atoms with Crippen LogP contribution in [0.2, 0.25) is 0 Å². The highest BCUT2D eigenvalue weighted by Crippen LogP contribution is 2.26. The number of carbonyl (C=O) groups excluding carboxylic acids is 1. The van der Waals surface area contributed by atoms with Crippen LogP contribution in [-0.4, -0.2) is 30.9 Å². The van der Waals surface area contributed by atoms with Crippen LogP contribution in [0.15, 0.2) is 60.7 Å². The molecule has 0 aliphatic heterocycles. The van der Waals surface area contributed by atoms with Crippen LogP contribution >= 0.6 is 0 Å². The minimum Gasteiger partial charge on any atom is -0.344 e. The van der Waals surface area contributed by atoms with Crippen LogP contribution in [0, 0.1) is 0 Å². The normalized spacial score (nSPS) is 10.6. The first-order chi connectivity index (χ1) is 9.74. The van der Waals surface area contributed by atoms with Gasteiger partial charge < -0.3 is 10.6 Å². The van der Waals surface area contributed by atoms with Gasteiger partial charge in [-0.1, -0.05) is 60.7 Å². The Morgan fingerprint density at radius 2 is 1.45 bits per heavy atom. The molecule has 0 radical (unpaired) electrons. The lowest BCUT2D eigenvalue weighted by Gasteiger charge is -2.24. The van der Waals surface area contributed by atoms with Gasteiger partial charge in [-0.05, 0) is 11.1 Å². The van der Waals surface area contributed by atoms with Crippen LogP contribution in [0.3, 0.4) is 0 Å². The Bertz CT molecular complexity index is 500. The Balaban J connectivity index is 2.38. The van der Waals surface area contributed by atoms with E-state index in [2.05, 4.69) is 0 Å². The van der Waals surface area contributed by atoms with E-state index in [-0.39, 0.29) is 11.8 Å². The average Bonchev–Trinajstić information content (AvgIpc) is 2.50. The van der Waals surface area contributed by atoms with E-state index in [0.717, 1.165) is 11.1 Å². The maximum Gasteiger partial charge on any atom is 0.234 e. The third-order valence-corrected chi connectivity index (χ3v) is 3.35.